The van der Waals surface area contributed by atoms with Crippen LogP contribution in [-0.4, -0.2) is 10.7 Å². The van der Waals surface area contributed by atoms with Crippen LogP contribution in [0.5, 0.6) is 0 Å². The lowest BCUT2D eigenvalue weighted by Gasteiger charge is -2.11. The summed E-state index contributed by atoms with van der Waals surface area (Å²) in [6.07, 6.45) is 5.03. The minimum Gasteiger partial charge on any atom is -0.287 e. The molecule has 1 aliphatic rings. The van der Waals surface area contributed by atoms with Crippen molar-refractivity contribution in [1.82, 2.24) is 0 Å². The second-order valence-electron chi connectivity index (χ2n) is 5.22. The van der Waals surface area contributed by atoms with E-state index >= 15 is 0 Å². The summed E-state index contributed by atoms with van der Waals surface area (Å²) in [4.78, 5) is 24.9. The van der Waals surface area contributed by atoms with E-state index in [1.54, 1.807) is 0 Å². The van der Waals surface area contributed by atoms with E-state index in [9.17, 15) is 14.9 Å². The Kier molecular flexibility index (Phi) is 3.85. The van der Waals surface area contributed by atoms with E-state index in [0.717, 1.165) is 16.9 Å². The van der Waals surface area contributed by atoms with Crippen molar-refractivity contribution in [2.45, 2.75) is 19.3 Å². The third-order valence-corrected chi connectivity index (χ3v) is 5.27. The van der Waals surface area contributed by atoms with Crippen molar-refractivity contribution in [3.8, 4) is 0 Å². The van der Waals surface area contributed by atoms with Crippen molar-refractivity contribution in [2.24, 2.45) is 0 Å². The maximum Gasteiger partial charge on any atom is 0.282 e. The van der Waals surface area contributed by atoms with Crippen LogP contribution in [0.15, 0.2) is 30.3 Å². The number of hydrogen-bond acceptors (Lipinski definition) is 4. The molecular formula is C16H12ClNO3S. The third-order valence-electron chi connectivity index (χ3n) is 3.65. The van der Waals surface area contributed by atoms with Crippen molar-refractivity contribution in [3.63, 3.8) is 0 Å². The zero-order chi connectivity index (χ0) is 15.9. The Balaban J connectivity index is 2.06. The van der Waals surface area contributed by atoms with E-state index in [4.69, 9.17) is 11.6 Å². The van der Waals surface area contributed by atoms with Crippen LogP contribution >= 0.6 is 22.9 Å². The maximum atomic E-state index is 12.6. The van der Waals surface area contributed by atoms with Crippen LogP contribution in [0.2, 0.25) is 5.02 Å². The highest BCUT2D eigenvalue weighted by Crippen LogP contribution is 2.37. The van der Waals surface area contributed by atoms with Gasteiger partial charge in [0.2, 0.25) is 5.78 Å². The molecule has 0 N–H and O–H groups in total. The minimum absolute atomic E-state index is 0.0737. The molecule has 0 saturated carbocycles. The monoisotopic (exact) mass is 333 g/mol. The molecule has 1 aromatic heterocycles. The average molecular weight is 334 g/mol. The number of halogens is 1. The molecule has 0 aliphatic heterocycles. The molecule has 22 heavy (non-hydrogen) atoms. The quantitative estimate of drug-likeness (QED) is 0.448. The van der Waals surface area contributed by atoms with Gasteiger partial charge in [-0.2, -0.15) is 0 Å². The van der Waals surface area contributed by atoms with Crippen molar-refractivity contribution in [2.75, 3.05) is 0 Å². The summed E-state index contributed by atoms with van der Waals surface area (Å²) in [5.74, 6) is 0.0371. The first-order valence-electron chi connectivity index (χ1n) is 6.76. The maximum absolute atomic E-state index is 12.6. The molecule has 0 fully saturated rings. The van der Waals surface area contributed by atoms with Gasteiger partial charge in [0.1, 0.15) is 5.56 Å². The van der Waals surface area contributed by atoms with E-state index < -0.39 is 4.92 Å². The Bertz CT molecular complexity index is 810. The molecule has 0 bridgehead atoms. The largest absolute Gasteiger partial charge is 0.287 e. The molecule has 1 unspecified atom stereocenters. The summed E-state index contributed by atoms with van der Waals surface area (Å²) in [5.41, 5.74) is 0.848. The number of allylic oxidation sites excluding steroid dienone is 1. The predicted octanol–water partition coefficient (Wildman–Crippen LogP) is 5.06. The van der Waals surface area contributed by atoms with Gasteiger partial charge in [0.15, 0.2) is 0 Å². The number of benzene rings is 1. The van der Waals surface area contributed by atoms with E-state index in [1.165, 1.54) is 29.5 Å². The normalized spacial score (nSPS) is 16.4. The highest BCUT2D eigenvalue weighted by atomic mass is 35.5. The number of nitro groups is 1. The Morgan fingerprint density at radius 2 is 2.18 bits per heavy atom. The zero-order valence-corrected chi connectivity index (χ0v) is 13.3. The molecule has 3 rings (SSSR count). The molecule has 6 heteroatoms. The SMILES string of the molecule is CC1CC=Cc2cc(C(=O)c3ccc(Cl)cc3[N+](=O)[O-])sc21. The van der Waals surface area contributed by atoms with Crippen LogP contribution in [-0.2, 0) is 0 Å². The minimum atomic E-state index is -0.574. The first kappa shape index (κ1) is 14.9. The number of ketones is 1. The number of thiophene rings is 1. The van der Waals surface area contributed by atoms with E-state index in [2.05, 4.69) is 13.0 Å². The Labute approximate surface area is 136 Å². The van der Waals surface area contributed by atoms with Gasteiger partial charge in [-0.1, -0.05) is 30.7 Å². The molecule has 0 amide bonds. The van der Waals surface area contributed by atoms with Crippen LogP contribution < -0.4 is 0 Å². The number of fused-ring (bicyclic) bond motifs is 1. The summed E-state index contributed by atoms with van der Waals surface area (Å²) < 4.78 is 0. The number of carbonyl (C=O) groups is 1. The Morgan fingerprint density at radius 3 is 2.86 bits per heavy atom. The molecular weight excluding hydrogens is 322 g/mol. The van der Waals surface area contributed by atoms with Gasteiger partial charge in [-0.3, -0.25) is 14.9 Å². The summed E-state index contributed by atoms with van der Waals surface area (Å²) in [7, 11) is 0. The number of rotatable bonds is 3. The summed E-state index contributed by atoms with van der Waals surface area (Å²) >= 11 is 7.21. The first-order chi connectivity index (χ1) is 10.5. The summed E-state index contributed by atoms with van der Waals surface area (Å²) in [5, 5.41) is 11.4. The third kappa shape index (κ3) is 2.58. The highest BCUT2D eigenvalue weighted by Gasteiger charge is 2.25. The standard InChI is InChI=1S/C16H12ClNO3S/c1-9-3-2-4-10-7-14(22-16(9)10)15(19)12-6-5-11(17)8-13(12)18(20)21/h2,4-9H,3H2,1H3. The lowest BCUT2D eigenvalue weighted by Crippen LogP contribution is -2.03. The van der Waals surface area contributed by atoms with Crippen molar-refractivity contribution in [3.05, 3.63) is 66.4 Å². The number of hydrogen-bond donors (Lipinski definition) is 0. The van der Waals surface area contributed by atoms with Gasteiger partial charge in [-0.15, -0.1) is 11.3 Å². The molecule has 0 saturated heterocycles. The lowest BCUT2D eigenvalue weighted by atomic mass is 9.96. The number of nitrogens with zero attached hydrogens (tertiary/aromatic N) is 1. The first-order valence-corrected chi connectivity index (χ1v) is 7.95. The van der Waals surface area contributed by atoms with Gasteiger partial charge in [0.05, 0.1) is 9.80 Å². The van der Waals surface area contributed by atoms with Gasteiger partial charge in [0, 0.05) is 16.0 Å². The van der Waals surface area contributed by atoms with Crippen LogP contribution in [0.25, 0.3) is 6.08 Å². The highest BCUT2D eigenvalue weighted by molar-refractivity contribution is 7.14. The van der Waals surface area contributed by atoms with Gasteiger partial charge < -0.3 is 0 Å². The molecule has 1 aromatic carbocycles. The summed E-state index contributed by atoms with van der Waals surface area (Å²) in [6, 6.07) is 5.94. The van der Waals surface area contributed by atoms with Gasteiger partial charge in [-0.25, -0.2) is 0 Å². The fraction of sp³-hybridized carbons (Fsp3) is 0.188. The summed E-state index contributed by atoms with van der Waals surface area (Å²) in [6.45, 7) is 2.11. The Morgan fingerprint density at radius 1 is 1.41 bits per heavy atom. The van der Waals surface area contributed by atoms with Gasteiger partial charge in [0.25, 0.3) is 5.69 Å². The smallest absolute Gasteiger partial charge is 0.282 e. The van der Waals surface area contributed by atoms with E-state index in [0.29, 0.717) is 10.8 Å². The molecule has 1 aliphatic carbocycles. The van der Waals surface area contributed by atoms with Gasteiger partial charge >= 0.3 is 0 Å². The fourth-order valence-electron chi connectivity index (χ4n) is 2.53. The van der Waals surface area contributed by atoms with Crippen LogP contribution in [0.4, 0.5) is 5.69 Å². The molecule has 112 valence electrons. The van der Waals surface area contributed by atoms with Crippen LogP contribution in [0.3, 0.4) is 0 Å². The Hall–Kier alpha value is -1.98. The second kappa shape index (κ2) is 5.66. The fourth-order valence-corrected chi connectivity index (χ4v) is 3.87. The molecule has 1 atom stereocenters. The number of carbonyl (C=O) groups excluding carboxylic acids is 1. The topological polar surface area (TPSA) is 60.2 Å². The lowest BCUT2D eigenvalue weighted by molar-refractivity contribution is -0.385. The number of nitro benzene ring substituents is 1. The average Bonchev–Trinajstić information content (AvgIpc) is 2.92. The van der Waals surface area contributed by atoms with E-state index in [-0.39, 0.29) is 22.1 Å². The van der Waals surface area contributed by atoms with Crippen molar-refractivity contribution >= 4 is 40.5 Å². The van der Waals surface area contributed by atoms with Crippen molar-refractivity contribution in [1.29, 1.82) is 0 Å². The van der Waals surface area contributed by atoms with Crippen LogP contribution in [0.1, 0.15) is 44.9 Å². The molecule has 2 aromatic rings. The zero-order valence-electron chi connectivity index (χ0n) is 11.7. The molecule has 0 radical (unpaired) electrons. The predicted molar refractivity (Wildman–Crippen MR) is 87.9 cm³/mol. The van der Waals surface area contributed by atoms with Gasteiger partial charge in [-0.05, 0) is 36.1 Å². The van der Waals surface area contributed by atoms with Crippen LogP contribution in [0, 0.1) is 10.1 Å². The van der Waals surface area contributed by atoms with E-state index in [1.807, 2.05) is 12.1 Å². The van der Waals surface area contributed by atoms with Crippen molar-refractivity contribution < 1.29 is 9.72 Å². The molecule has 1 heterocycles. The molecule has 0 spiro atoms. The second-order valence-corrected chi connectivity index (χ2v) is 6.74. The molecule has 4 nitrogen and oxygen atoms in total.